The Balaban J connectivity index is 1.38. The van der Waals surface area contributed by atoms with Crippen LogP contribution < -0.4 is 0 Å². The zero-order valence-corrected chi connectivity index (χ0v) is 33.2. The summed E-state index contributed by atoms with van der Waals surface area (Å²) in [6.07, 6.45) is 15.2. The van der Waals surface area contributed by atoms with Gasteiger partial charge in [0.25, 0.3) is 0 Å². The molecule has 2 aromatic heterocycles. The van der Waals surface area contributed by atoms with Gasteiger partial charge in [-0.2, -0.15) is 26.3 Å². The highest BCUT2D eigenvalue weighted by Gasteiger charge is 2.82. The van der Waals surface area contributed by atoms with Crippen LogP contribution >= 0.6 is 0 Å². The summed E-state index contributed by atoms with van der Waals surface area (Å²) in [6.45, 7) is 4.37. The average Bonchev–Trinajstić information content (AvgIpc) is 3.79. The number of hydrogen-bond acceptors (Lipinski definition) is 2. The lowest BCUT2D eigenvalue weighted by Gasteiger charge is -2.34. The number of aryl methyl sites for hydroxylation is 2. The molecule has 2 nitrogen and oxygen atoms in total. The van der Waals surface area contributed by atoms with Gasteiger partial charge in [-0.15, -0.1) is 0 Å². The SMILES string of the molecule is CCCCCCCCc1ccc(C2(c3ccc(CCCCCCCC)cc3)c3oc4ccccc4c3C3=C(c4c2oc2ccccc42)C(F)(F)C(F)(F)C3(F)F)cc1. The Morgan fingerprint density at radius 1 is 0.431 bits per heavy atom. The second-order valence-corrected chi connectivity index (χ2v) is 16.3. The molecule has 0 amide bonds. The number of hydrogen-bond donors (Lipinski definition) is 0. The number of benzene rings is 4. The minimum Gasteiger partial charge on any atom is -0.459 e. The van der Waals surface area contributed by atoms with E-state index in [1.807, 2.05) is 48.5 Å². The Bertz CT molecular complexity index is 2250. The smallest absolute Gasteiger partial charge is 0.380 e. The molecule has 8 rings (SSSR count). The molecule has 2 aliphatic carbocycles. The van der Waals surface area contributed by atoms with Crippen LogP contribution in [-0.4, -0.2) is 17.8 Å². The van der Waals surface area contributed by atoms with E-state index in [0.29, 0.717) is 11.1 Å². The second kappa shape index (κ2) is 15.8. The van der Waals surface area contributed by atoms with Gasteiger partial charge in [0.15, 0.2) is 0 Å². The molecule has 0 aliphatic heterocycles. The molecule has 0 N–H and O–H groups in total. The Morgan fingerprint density at radius 3 is 1.19 bits per heavy atom. The molecule has 4 aromatic carbocycles. The fraction of sp³-hybridized carbons (Fsp3) is 0.400. The summed E-state index contributed by atoms with van der Waals surface area (Å²) in [5, 5.41) is 0.0767. The molecule has 0 saturated carbocycles. The second-order valence-electron chi connectivity index (χ2n) is 16.3. The molecule has 0 unspecified atom stereocenters. The zero-order chi connectivity index (χ0) is 40.7. The Morgan fingerprint density at radius 2 is 0.793 bits per heavy atom. The summed E-state index contributed by atoms with van der Waals surface area (Å²) in [6, 6.07) is 27.9. The lowest BCUT2D eigenvalue weighted by molar-refractivity contribution is -0.254. The van der Waals surface area contributed by atoms with Crippen LogP contribution in [0.2, 0.25) is 0 Å². The van der Waals surface area contributed by atoms with Gasteiger partial charge < -0.3 is 8.83 Å². The number of fused-ring (bicyclic) bond motifs is 8. The first-order valence-electron chi connectivity index (χ1n) is 21.1. The zero-order valence-electron chi connectivity index (χ0n) is 33.2. The first-order valence-corrected chi connectivity index (χ1v) is 21.1. The monoisotopic (exact) mass is 796 g/mol. The van der Waals surface area contributed by atoms with E-state index in [1.54, 1.807) is 36.4 Å². The van der Waals surface area contributed by atoms with Crippen molar-refractivity contribution in [1.29, 1.82) is 0 Å². The van der Waals surface area contributed by atoms with Crippen LogP contribution in [0.1, 0.15) is 136 Å². The maximum absolute atomic E-state index is 16.7. The van der Waals surface area contributed by atoms with Crippen LogP contribution in [0, 0.1) is 0 Å². The van der Waals surface area contributed by atoms with E-state index in [-0.39, 0.29) is 33.5 Å². The molecule has 304 valence electrons. The van der Waals surface area contributed by atoms with Gasteiger partial charge in [-0.25, -0.2) is 0 Å². The first-order chi connectivity index (χ1) is 28.0. The summed E-state index contributed by atoms with van der Waals surface area (Å²) in [7, 11) is 0. The standard InChI is InChI=1S/C50H50F6O2/c1-3-5-7-9-11-13-19-33-25-29-35(30-26-33)47(36-31-27-34(28-32-36)20-14-12-10-8-6-4-2)45-41(37-21-15-17-23-39(37)57-45)43-44(49(53,54)50(55,56)48(43,51)52)42-38-22-16-18-24-40(38)58-46(42)47/h15-18,21-32H,3-14,19-20H2,1-2H3. The van der Waals surface area contributed by atoms with Gasteiger partial charge in [0.2, 0.25) is 0 Å². The van der Waals surface area contributed by atoms with Crippen molar-refractivity contribution < 1.29 is 35.2 Å². The minimum atomic E-state index is -5.74. The summed E-state index contributed by atoms with van der Waals surface area (Å²) in [4.78, 5) is 0. The van der Waals surface area contributed by atoms with Crippen molar-refractivity contribution >= 4 is 33.1 Å². The van der Waals surface area contributed by atoms with Crippen molar-refractivity contribution in [3.8, 4) is 0 Å². The summed E-state index contributed by atoms with van der Waals surface area (Å²) in [5.41, 5.74) is -2.18. The number of halogens is 6. The van der Waals surface area contributed by atoms with Gasteiger partial charge in [-0.05, 0) is 60.1 Å². The summed E-state index contributed by atoms with van der Waals surface area (Å²) < 4.78 is 112. The van der Waals surface area contributed by atoms with Gasteiger partial charge in [0, 0.05) is 33.0 Å². The molecule has 0 fully saturated rings. The number of para-hydroxylation sites is 2. The van der Waals surface area contributed by atoms with Crippen molar-refractivity contribution in [3.63, 3.8) is 0 Å². The van der Waals surface area contributed by atoms with Crippen LogP contribution in [-0.2, 0) is 18.3 Å². The fourth-order valence-electron chi connectivity index (χ4n) is 9.36. The minimum absolute atomic E-state index is 0.0383. The lowest BCUT2D eigenvalue weighted by Crippen LogP contribution is -2.49. The van der Waals surface area contributed by atoms with Crippen molar-refractivity contribution in [2.45, 2.75) is 127 Å². The van der Waals surface area contributed by atoms with Crippen molar-refractivity contribution in [3.05, 3.63) is 142 Å². The maximum Gasteiger partial charge on any atom is 0.380 e. The number of furan rings is 2. The summed E-state index contributed by atoms with van der Waals surface area (Å²) >= 11 is 0. The largest absolute Gasteiger partial charge is 0.459 e. The molecule has 0 spiro atoms. The van der Waals surface area contributed by atoms with Crippen LogP contribution in [0.25, 0.3) is 33.1 Å². The number of allylic oxidation sites excluding steroid dienone is 2. The fourth-order valence-corrected chi connectivity index (χ4v) is 9.36. The molecular formula is C50H50F6O2. The third-order valence-corrected chi connectivity index (χ3v) is 12.5. The van der Waals surface area contributed by atoms with E-state index in [4.69, 9.17) is 8.83 Å². The number of unbranched alkanes of at least 4 members (excludes halogenated alkanes) is 10. The molecule has 2 heterocycles. The molecule has 2 aliphatic rings. The predicted octanol–water partition coefficient (Wildman–Crippen LogP) is 15.5. The highest BCUT2D eigenvalue weighted by Crippen LogP contribution is 2.70. The van der Waals surface area contributed by atoms with Gasteiger partial charge in [0.05, 0.1) is 0 Å². The number of alkyl halides is 6. The van der Waals surface area contributed by atoms with Crippen molar-refractivity contribution in [1.82, 2.24) is 0 Å². The highest BCUT2D eigenvalue weighted by molar-refractivity contribution is 6.13. The molecule has 58 heavy (non-hydrogen) atoms. The molecule has 8 heteroatoms. The molecule has 0 radical (unpaired) electrons. The van der Waals surface area contributed by atoms with E-state index in [9.17, 15) is 0 Å². The molecule has 0 atom stereocenters. The third-order valence-electron chi connectivity index (χ3n) is 12.5. The highest BCUT2D eigenvalue weighted by atomic mass is 19.3. The van der Waals surface area contributed by atoms with Crippen LogP contribution in [0.5, 0.6) is 0 Å². The normalized spacial score (nSPS) is 17.4. The van der Waals surface area contributed by atoms with E-state index < -0.39 is 45.5 Å². The van der Waals surface area contributed by atoms with Crippen LogP contribution in [0.4, 0.5) is 26.3 Å². The maximum atomic E-state index is 16.7. The van der Waals surface area contributed by atoms with Crippen LogP contribution in [0.3, 0.4) is 0 Å². The van der Waals surface area contributed by atoms with Gasteiger partial charge in [-0.3, -0.25) is 0 Å². The predicted molar refractivity (Wildman–Crippen MR) is 220 cm³/mol. The first kappa shape index (κ1) is 40.1. The number of rotatable bonds is 16. The topological polar surface area (TPSA) is 26.3 Å². The average molecular weight is 797 g/mol. The molecular weight excluding hydrogens is 747 g/mol. The lowest BCUT2D eigenvalue weighted by atomic mass is 9.68. The third kappa shape index (κ3) is 6.31. The van der Waals surface area contributed by atoms with E-state index in [1.165, 1.54) is 50.7 Å². The summed E-state index contributed by atoms with van der Waals surface area (Å²) in [5.74, 6) is -16.6. The Labute approximate surface area is 336 Å². The molecule has 0 saturated heterocycles. The quantitative estimate of drug-likeness (QED) is 0.0720. The molecule has 6 aromatic rings. The van der Waals surface area contributed by atoms with Gasteiger partial charge >= 0.3 is 17.8 Å². The van der Waals surface area contributed by atoms with Crippen molar-refractivity contribution in [2.24, 2.45) is 0 Å². The van der Waals surface area contributed by atoms with E-state index in [2.05, 4.69) is 13.8 Å². The van der Waals surface area contributed by atoms with Crippen LogP contribution in [0.15, 0.2) is 106 Å². The van der Waals surface area contributed by atoms with Gasteiger partial charge in [-0.1, -0.05) is 163 Å². The Hall–Kier alpha value is -4.72. The van der Waals surface area contributed by atoms with Crippen molar-refractivity contribution in [2.75, 3.05) is 0 Å². The van der Waals surface area contributed by atoms with E-state index >= 15 is 26.3 Å². The van der Waals surface area contributed by atoms with E-state index in [0.717, 1.165) is 62.5 Å². The molecule has 0 bridgehead atoms. The Kier molecular flexibility index (Phi) is 10.9. The van der Waals surface area contributed by atoms with Gasteiger partial charge in [0.1, 0.15) is 28.1 Å².